The Balaban J connectivity index is 0.000000142. The first-order valence-corrected chi connectivity index (χ1v) is 14.7. The standard InChI is InChI=1S/C13H18N2.2C12H15N/c1-9-8-10(2)15-7-6-11(12(15)14-9)13(3,4)5;1-12(2,3)10-6-4-8-13-9-5-7-11(10)13;1-12(2,3)10-7-9-13-8-5-4-6-11(10)13/h6-8H,1-5H3;2*4-9H,1-3H3. The van der Waals surface area contributed by atoms with E-state index in [1.165, 1.54) is 33.4 Å². The Labute approximate surface area is 246 Å². The van der Waals surface area contributed by atoms with Crippen LogP contribution in [-0.2, 0) is 16.2 Å². The molecule has 6 aromatic rings. The third kappa shape index (κ3) is 6.75. The van der Waals surface area contributed by atoms with Crippen LogP contribution >= 0.6 is 0 Å². The molecule has 0 unspecified atom stereocenters. The number of pyridine rings is 2. The molecule has 0 aliphatic rings. The van der Waals surface area contributed by atoms with Crippen molar-refractivity contribution in [3.63, 3.8) is 0 Å². The van der Waals surface area contributed by atoms with Crippen molar-refractivity contribution in [2.45, 2.75) is 92.4 Å². The topological polar surface area (TPSA) is 26.1 Å². The molecule has 0 fully saturated rings. The number of hydrogen-bond acceptors (Lipinski definition) is 1. The largest absolute Gasteiger partial charge is 0.324 e. The summed E-state index contributed by atoms with van der Waals surface area (Å²) in [6.07, 6.45) is 10.5. The highest BCUT2D eigenvalue weighted by Crippen LogP contribution is 2.29. The summed E-state index contributed by atoms with van der Waals surface area (Å²) in [7, 11) is 0. The summed E-state index contributed by atoms with van der Waals surface area (Å²) in [5.74, 6) is 0. The minimum atomic E-state index is 0.155. The molecule has 0 spiro atoms. The second kappa shape index (κ2) is 11.2. The molecule has 41 heavy (non-hydrogen) atoms. The first-order valence-electron chi connectivity index (χ1n) is 14.7. The Morgan fingerprint density at radius 3 is 1.61 bits per heavy atom. The van der Waals surface area contributed by atoms with E-state index in [1.54, 1.807) is 0 Å². The van der Waals surface area contributed by atoms with Gasteiger partial charge in [-0.1, -0.05) is 74.4 Å². The van der Waals surface area contributed by atoms with Crippen LogP contribution in [-0.4, -0.2) is 18.2 Å². The molecule has 0 bridgehead atoms. The van der Waals surface area contributed by atoms with Gasteiger partial charge in [0, 0.05) is 59.0 Å². The zero-order chi connectivity index (χ0) is 30.2. The fraction of sp³-hybridized carbons (Fsp3) is 0.378. The third-order valence-corrected chi connectivity index (χ3v) is 7.50. The van der Waals surface area contributed by atoms with Crippen LogP contribution in [0, 0.1) is 13.8 Å². The molecule has 4 heteroatoms. The number of fused-ring (bicyclic) bond motifs is 3. The van der Waals surface area contributed by atoms with Gasteiger partial charge in [-0.2, -0.15) is 0 Å². The van der Waals surface area contributed by atoms with Gasteiger partial charge in [-0.15, -0.1) is 0 Å². The van der Waals surface area contributed by atoms with Gasteiger partial charge in [-0.25, -0.2) is 4.98 Å². The molecule has 0 radical (unpaired) electrons. The molecule has 0 amide bonds. The maximum absolute atomic E-state index is 4.63. The van der Waals surface area contributed by atoms with Crippen LogP contribution in [0.15, 0.2) is 91.6 Å². The monoisotopic (exact) mass is 548 g/mol. The molecule has 0 aliphatic carbocycles. The van der Waals surface area contributed by atoms with Gasteiger partial charge in [0.05, 0.1) is 0 Å². The molecule has 216 valence electrons. The van der Waals surface area contributed by atoms with Gasteiger partial charge < -0.3 is 13.2 Å². The number of aromatic nitrogens is 4. The molecule has 6 rings (SSSR count). The molecule has 6 heterocycles. The van der Waals surface area contributed by atoms with E-state index in [9.17, 15) is 0 Å². The lowest BCUT2D eigenvalue weighted by atomic mass is 9.87. The van der Waals surface area contributed by atoms with Crippen molar-refractivity contribution in [2.24, 2.45) is 0 Å². The van der Waals surface area contributed by atoms with Crippen LogP contribution < -0.4 is 0 Å². The first kappa shape index (κ1) is 30.2. The maximum atomic E-state index is 4.63. The predicted molar refractivity (Wildman–Crippen MR) is 176 cm³/mol. The van der Waals surface area contributed by atoms with Crippen molar-refractivity contribution in [3.05, 3.63) is 120 Å². The van der Waals surface area contributed by atoms with Crippen molar-refractivity contribution < 1.29 is 0 Å². The number of aryl methyl sites for hydroxylation is 2. The summed E-state index contributed by atoms with van der Waals surface area (Å²) in [5, 5.41) is 0. The van der Waals surface area contributed by atoms with E-state index in [0.29, 0.717) is 0 Å². The second-order valence-corrected chi connectivity index (χ2v) is 14.2. The van der Waals surface area contributed by atoms with Gasteiger partial charge in [0.25, 0.3) is 0 Å². The van der Waals surface area contributed by atoms with Crippen molar-refractivity contribution in [1.29, 1.82) is 0 Å². The highest BCUT2D eigenvalue weighted by molar-refractivity contribution is 5.59. The Bertz CT molecular complexity index is 1750. The van der Waals surface area contributed by atoms with Crippen molar-refractivity contribution in [3.8, 4) is 0 Å². The highest BCUT2D eigenvalue weighted by Gasteiger charge is 2.20. The van der Waals surface area contributed by atoms with Gasteiger partial charge >= 0.3 is 0 Å². The van der Waals surface area contributed by atoms with Crippen LogP contribution in [0.2, 0.25) is 0 Å². The van der Waals surface area contributed by atoms with Gasteiger partial charge in [0.2, 0.25) is 0 Å². The van der Waals surface area contributed by atoms with Crippen LogP contribution in [0.25, 0.3) is 16.7 Å². The van der Waals surface area contributed by atoms with Crippen LogP contribution in [0.3, 0.4) is 0 Å². The molecule has 0 saturated heterocycles. The van der Waals surface area contributed by atoms with Crippen LogP contribution in [0.4, 0.5) is 0 Å². The van der Waals surface area contributed by atoms with E-state index < -0.39 is 0 Å². The Hall–Kier alpha value is -3.79. The lowest BCUT2D eigenvalue weighted by Gasteiger charge is -2.20. The molecule has 0 N–H and O–H groups in total. The van der Waals surface area contributed by atoms with Crippen molar-refractivity contribution in [2.75, 3.05) is 0 Å². The Morgan fingerprint density at radius 2 is 1.00 bits per heavy atom. The fourth-order valence-corrected chi connectivity index (χ4v) is 5.37. The van der Waals surface area contributed by atoms with Crippen LogP contribution in [0.5, 0.6) is 0 Å². The van der Waals surface area contributed by atoms with Crippen LogP contribution in [0.1, 0.15) is 90.4 Å². The summed E-state index contributed by atoms with van der Waals surface area (Å²) in [4.78, 5) is 4.63. The normalized spacial score (nSPS) is 12.3. The molecule has 0 aromatic carbocycles. The average Bonchev–Trinajstić information content (AvgIpc) is 3.60. The lowest BCUT2D eigenvalue weighted by Crippen LogP contribution is -2.12. The summed E-state index contributed by atoms with van der Waals surface area (Å²) < 4.78 is 6.49. The molecule has 0 atom stereocenters. The summed E-state index contributed by atoms with van der Waals surface area (Å²) in [6.45, 7) is 24.3. The number of rotatable bonds is 0. The van der Waals surface area contributed by atoms with E-state index in [2.05, 4.69) is 179 Å². The van der Waals surface area contributed by atoms with E-state index in [1.807, 2.05) is 6.92 Å². The molecular weight excluding hydrogens is 500 g/mol. The SMILES string of the molecule is CC(C)(C)c1cccn2cccc12.CC(C)(C)c1ccn2ccccc12.Cc1cc(C)n2ccc(C(C)(C)C)c2n1. The minimum Gasteiger partial charge on any atom is -0.324 e. The summed E-state index contributed by atoms with van der Waals surface area (Å²) in [5.41, 5.74) is 10.8. The quantitative estimate of drug-likeness (QED) is 0.185. The Kier molecular flexibility index (Phi) is 8.27. The van der Waals surface area contributed by atoms with Gasteiger partial charge in [-0.05, 0) is 89.8 Å². The van der Waals surface area contributed by atoms with Crippen molar-refractivity contribution >= 4 is 16.7 Å². The summed E-state index contributed by atoms with van der Waals surface area (Å²) >= 11 is 0. The Morgan fingerprint density at radius 1 is 0.512 bits per heavy atom. The van der Waals surface area contributed by atoms with Gasteiger partial charge in [-0.3, -0.25) is 0 Å². The molecule has 6 aromatic heterocycles. The maximum Gasteiger partial charge on any atom is 0.140 e. The molecular formula is C37H48N4. The average molecular weight is 549 g/mol. The number of hydrogen-bond donors (Lipinski definition) is 0. The molecule has 4 nitrogen and oxygen atoms in total. The molecule has 0 saturated carbocycles. The third-order valence-electron chi connectivity index (χ3n) is 7.50. The molecule has 0 aliphatic heterocycles. The summed E-state index contributed by atoms with van der Waals surface area (Å²) in [6, 6.07) is 21.4. The van der Waals surface area contributed by atoms with E-state index in [0.717, 1.165) is 11.3 Å². The van der Waals surface area contributed by atoms with E-state index >= 15 is 0 Å². The first-order chi connectivity index (χ1) is 19.1. The van der Waals surface area contributed by atoms with Gasteiger partial charge in [0.15, 0.2) is 0 Å². The minimum absolute atomic E-state index is 0.155. The predicted octanol–water partition coefficient (Wildman–Crippen LogP) is 9.72. The zero-order valence-corrected chi connectivity index (χ0v) is 26.9. The van der Waals surface area contributed by atoms with Crippen molar-refractivity contribution in [1.82, 2.24) is 18.2 Å². The smallest absolute Gasteiger partial charge is 0.140 e. The van der Waals surface area contributed by atoms with Gasteiger partial charge in [0.1, 0.15) is 5.65 Å². The fourth-order valence-electron chi connectivity index (χ4n) is 5.37. The number of nitrogens with zero attached hydrogens (tertiary/aromatic N) is 4. The zero-order valence-electron chi connectivity index (χ0n) is 26.9. The lowest BCUT2D eigenvalue weighted by molar-refractivity contribution is 0.593. The van der Waals surface area contributed by atoms with E-state index in [-0.39, 0.29) is 16.2 Å². The van der Waals surface area contributed by atoms with E-state index in [4.69, 9.17) is 0 Å². The highest BCUT2D eigenvalue weighted by atomic mass is 15.0. The second-order valence-electron chi connectivity index (χ2n) is 14.2.